The van der Waals surface area contributed by atoms with Gasteiger partial charge in [0.15, 0.2) is 5.16 Å². The number of carbonyl (C=O) groups is 1. The Kier molecular flexibility index (Phi) is 7.28. The maximum absolute atomic E-state index is 13.4. The van der Waals surface area contributed by atoms with Gasteiger partial charge in [-0.3, -0.25) is 18.6 Å². The maximum Gasteiger partial charge on any atom is 0.262 e. The third-order valence-electron chi connectivity index (χ3n) is 5.65. The predicted octanol–water partition coefficient (Wildman–Crippen LogP) is 5.17. The van der Waals surface area contributed by atoms with Gasteiger partial charge in [-0.2, -0.15) is 0 Å². The summed E-state index contributed by atoms with van der Waals surface area (Å²) in [6, 6.07) is 12.9. The summed E-state index contributed by atoms with van der Waals surface area (Å²) in [5, 5.41) is 13.7. The molecular weight excluding hydrogens is 470 g/mol. The molecule has 7 nitrogen and oxygen atoms in total. The molecule has 0 fully saturated rings. The minimum Gasteiger partial charge on any atom is -0.350 e. The summed E-state index contributed by atoms with van der Waals surface area (Å²) in [6.07, 6.45) is 0.834. The minimum atomic E-state index is -0.167. The second-order valence-corrected chi connectivity index (χ2v) is 10.2. The van der Waals surface area contributed by atoms with E-state index in [1.807, 2.05) is 42.5 Å². The van der Waals surface area contributed by atoms with Gasteiger partial charge in [0, 0.05) is 28.9 Å². The zero-order valence-electron chi connectivity index (χ0n) is 19.7. The first-order valence-corrected chi connectivity index (χ1v) is 12.7. The van der Waals surface area contributed by atoms with Crippen molar-refractivity contribution in [1.82, 2.24) is 24.5 Å². The van der Waals surface area contributed by atoms with Crippen LogP contribution in [-0.2, 0) is 12.3 Å². The third kappa shape index (κ3) is 4.98. The summed E-state index contributed by atoms with van der Waals surface area (Å²) in [5.74, 6) is 1.22. The highest BCUT2D eigenvalue weighted by Crippen LogP contribution is 2.26. The number of hydrogen-bond acceptors (Lipinski definition) is 5. The molecule has 0 saturated heterocycles. The summed E-state index contributed by atoms with van der Waals surface area (Å²) >= 11 is 7.53. The van der Waals surface area contributed by atoms with Crippen molar-refractivity contribution >= 4 is 46.0 Å². The van der Waals surface area contributed by atoms with E-state index in [4.69, 9.17) is 11.6 Å². The van der Waals surface area contributed by atoms with Gasteiger partial charge in [-0.1, -0.05) is 56.3 Å². The van der Waals surface area contributed by atoms with E-state index in [1.165, 1.54) is 11.8 Å². The number of amides is 1. The Morgan fingerprint density at radius 2 is 1.85 bits per heavy atom. The Balaban J connectivity index is 1.85. The number of nitrogens with zero attached hydrogens (tertiary/aromatic N) is 4. The molecule has 0 bridgehead atoms. The predicted molar refractivity (Wildman–Crippen MR) is 138 cm³/mol. The van der Waals surface area contributed by atoms with Gasteiger partial charge in [0.1, 0.15) is 0 Å². The van der Waals surface area contributed by atoms with E-state index in [2.05, 4.69) is 29.4 Å². The fourth-order valence-electron chi connectivity index (χ4n) is 3.68. The van der Waals surface area contributed by atoms with Gasteiger partial charge >= 0.3 is 0 Å². The van der Waals surface area contributed by atoms with Gasteiger partial charge < -0.3 is 5.32 Å². The number of carbonyl (C=O) groups excluding carboxylic acids is 1. The average Bonchev–Trinajstić information content (AvgIpc) is 3.24. The molecular formula is C25H28ClN5O2S. The van der Waals surface area contributed by atoms with E-state index in [0.717, 1.165) is 12.0 Å². The van der Waals surface area contributed by atoms with Crippen molar-refractivity contribution in [3.8, 4) is 0 Å². The molecule has 0 radical (unpaired) electrons. The fraction of sp³-hybridized carbons (Fsp3) is 0.360. The summed E-state index contributed by atoms with van der Waals surface area (Å²) in [5.41, 5.74) is 2.09. The van der Waals surface area contributed by atoms with Crippen molar-refractivity contribution in [1.29, 1.82) is 0 Å². The van der Waals surface area contributed by atoms with E-state index in [1.54, 1.807) is 22.8 Å². The average molecular weight is 498 g/mol. The van der Waals surface area contributed by atoms with Crippen molar-refractivity contribution in [2.45, 2.75) is 57.6 Å². The van der Waals surface area contributed by atoms with Crippen LogP contribution in [-0.4, -0.2) is 31.1 Å². The number of thioether (sulfide) groups is 1. The number of rotatable bonds is 8. The van der Waals surface area contributed by atoms with Crippen LogP contribution in [0.4, 0.5) is 0 Å². The molecule has 178 valence electrons. The molecule has 0 saturated carbocycles. The fourth-order valence-corrected chi connectivity index (χ4v) is 4.71. The lowest BCUT2D eigenvalue weighted by Gasteiger charge is -2.15. The number of hydrogen-bond donors (Lipinski definition) is 1. The van der Waals surface area contributed by atoms with E-state index in [9.17, 15) is 9.59 Å². The maximum atomic E-state index is 13.4. The number of halogens is 1. The largest absolute Gasteiger partial charge is 0.350 e. The number of aromatic nitrogens is 4. The van der Waals surface area contributed by atoms with E-state index in [-0.39, 0.29) is 23.4 Å². The molecule has 0 aliphatic rings. The first kappa shape index (κ1) is 24.3. The lowest BCUT2D eigenvalue weighted by Crippen LogP contribution is -2.32. The second-order valence-electron chi connectivity index (χ2n) is 8.86. The summed E-state index contributed by atoms with van der Waals surface area (Å²) in [7, 11) is 0. The van der Waals surface area contributed by atoms with Gasteiger partial charge in [0.05, 0.1) is 10.9 Å². The molecule has 1 amide bonds. The van der Waals surface area contributed by atoms with Crippen LogP contribution in [0, 0.1) is 5.92 Å². The van der Waals surface area contributed by atoms with Gasteiger partial charge in [0.25, 0.3) is 11.5 Å². The number of benzene rings is 2. The Hall–Kier alpha value is -2.84. The molecule has 1 N–H and O–H groups in total. The van der Waals surface area contributed by atoms with Crippen LogP contribution in [0.2, 0.25) is 5.02 Å². The van der Waals surface area contributed by atoms with E-state index in [0.29, 0.717) is 44.7 Å². The van der Waals surface area contributed by atoms with Crippen LogP contribution in [0.3, 0.4) is 0 Å². The highest BCUT2D eigenvalue weighted by molar-refractivity contribution is 7.98. The Morgan fingerprint density at radius 1 is 1.12 bits per heavy atom. The molecule has 4 rings (SSSR count). The number of nitrogens with one attached hydrogen (secondary N) is 1. The molecule has 2 heterocycles. The minimum absolute atomic E-state index is 0.0580. The molecule has 4 aromatic rings. The second kappa shape index (κ2) is 10.2. The first-order valence-electron chi connectivity index (χ1n) is 11.4. The summed E-state index contributed by atoms with van der Waals surface area (Å²) < 4.78 is 3.56. The molecule has 1 atom stereocenters. The molecule has 1 unspecified atom stereocenters. The Labute approximate surface area is 207 Å². The topological polar surface area (TPSA) is 81.3 Å². The first-order chi connectivity index (χ1) is 16.3. The smallest absolute Gasteiger partial charge is 0.262 e. The van der Waals surface area contributed by atoms with Gasteiger partial charge in [-0.05, 0) is 55.2 Å². The van der Waals surface area contributed by atoms with Gasteiger partial charge in [-0.15, -0.1) is 10.2 Å². The lowest BCUT2D eigenvalue weighted by molar-refractivity contribution is 0.0939. The molecule has 34 heavy (non-hydrogen) atoms. The van der Waals surface area contributed by atoms with E-state index < -0.39 is 0 Å². The van der Waals surface area contributed by atoms with Crippen LogP contribution >= 0.6 is 23.4 Å². The third-order valence-corrected chi connectivity index (χ3v) is 6.90. The van der Waals surface area contributed by atoms with Gasteiger partial charge in [0.2, 0.25) is 5.78 Å². The van der Waals surface area contributed by atoms with Crippen molar-refractivity contribution in [3.63, 3.8) is 0 Å². The monoisotopic (exact) mass is 497 g/mol. The van der Waals surface area contributed by atoms with Crippen LogP contribution in [0.25, 0.3) is 16.7 Å². The molecule has 9 heteroatoms. The van der Waals surface area contributed by atoms with Crippen molar-refractivity contribution in [2.75, 3.05) is 0 Å². The number of fused-ring (bicyclic) bond motifs is 3. The lowest BCUT2D eigenvalue weighted by atomic mass is 10.1. The SMILES string of the molecule is CCC(C)NC(=O)c1ccc2c(=O)n(CC(C)C)c3nnc(SCc4ccc(Cl)cc4)n3c2c1. The summed E-state index contributed by atoms with van der Waals surface area (Å²) in [4.78, 5) is 26.2. The highest BCUT2D eigenvalue weighted by atomic mass is 35.5. The molecule has 2 aromatic carbocycles. The van der Waals surface area contributed by atoms with Crippen LogP contribution in [0.5, 0.6) is 0 Å². The zero-order chi connectivity index (χ0) is 24.4. The summed E-state index contributed by atoms with van der Waals surface area (Å²) in [6.45, 7) is 8.62. The van der Waals surface area contributed by atoms with Gasteiger partial charge in [-0.25, -0.2) is 0 Å². The Bertz CT molecular complexity index is 1390. The highest BCUT2D eigenvalue weighted by Gasteiger charge is 2.19. The van der Waals surface area contributed by atoms with Crippen LogP contribution in [0.15, 0.2) is 52.4 Å². The Morgan fingerprint density at radius 3 is 2.53 bits per heavy atom. The van der Waals surface area contributed by atoms with Crippen LogP contribution < -0.4 is 10.9 Å². The molecule has 0 aliphatic heterocycles. The zero-order valence-corrected chi connectivity index (χ0v) is 21.3. The molecule has 2 aromatic heterocycles. The molecule has 0 aliphatic carbocycles. The van der Waals surface area contributed by atoms with Crippen molar-refractivity contribution in [3.05, 3.63) is 69.0 Å². The molecule has 0 spiro atoms. The standard InChI is InChI=1S/C25H28ClN5O2S/c1-5-16(4)27-22(32)18-8-11-20-21(12-18)31-24(30(23(20)33)13-15(2)3)28-29-25(31)34-14-17-6-9-19(26)10-7-17/h6-12,15-16H,5,13-14H2,1-4H3,(H,27,32). The van der Waals surface area contributed by atoms with E-state index >= 15 is 0 Å². The normalized spacial score (nSPS) is 12.5. The van der Waals surface area contributed by atoms with Crippen molar-refractivity contribution < 1.29 is 4.79 Å². The van der Waals surface area contributed by atoms with Crippen molar-refractivity contribution in [2.24, 2.45) is 5.92 Å². The quantitative estimate of drug-likeness (QED) is 0.339. The van der Waals surface area contributed by atoms with Crippen LogP contribution in [0.1, 0.15) is 50.0 Å².